The second kappa shape index (κ2) is 13.9. The first-order valence-electron chi connectivity index (χ1n) is 12.1. The van der Waals surface area contributed by atoms with E-state index in [1.165, 1.54) is 31.3 Å². The molecule has 0 aliphatic heterocycles. The molecule has 0 aliphatic carbocycles. The molecule has 0 bridgehead atoms. The van der Waals surface area contributed by atoms with Gasteiger partial charge in [0, 0.05) is 34.3 Å². The maximum atomic E-state index is 13.9. The molecule has 2 rings (SSSR count). The van der Waals surface area contributed by atoms with Gasteiger partial charge in [0.1, 0.15) is 24.1 Å². The summed E-state index contributed by atoms with van der Waals surface area (Å²) in [5.74, 6) is -0.320. The number of carbonyl (C=O) groups excluding carboxylic acids is 2. The molecule has 0 radical (unpaired) electrons. The van der Waals surface area contributed by atoms with Gasteiger partial charge < -0.3 is 19.7 Å². The standard InChI is InChI=1S/C26H35Cl2N3O6S/c1-7-17(3)29-26(33)22(8-2)30(15-19-20(27)10-9-11-21(19)28)25(32)16-31(38(6,34)35)23-13-12-18(36-4)14-24(23)37-5/h9-14,17,22H,7-8,15-16H2,1-6H3,(H,29,33)/t17-,22-/m1/s1. The Morgan fingerprint density at radius 2 is 1.66 bits per heavy atom. The minimum atomic E-state index is -3.95. The number of ether oxygens (including phenoxy) is 2. The van der Waals surface area contributed by atoms with Crippen LogP contribution in [0.4, 0.5) is 5.69 Å². The number of nitrogens with zero attached hydrogens (tertiary/aromatic N) is 2. The van der Waals surface area contributed by atoms with Crippen molar-refractivity contribution in [2.75, 3.05) is 31.3 Å². The number of rotatable bonds is 13. The predicted molar refractivity (Wildman–Crippen MR) is 151 cm³/mol. The lowest BCUT2D eigenvalue weighted by Crippen LogP contribution is -2.53. The van der Waals surface area contributed by atoms with Crippen LogP contribution in [0.5, 0.6) is 11.5 Å². The van der Waals surface area contributed by atoms with E-state index in [4.69, 9.17) is 32.7 Å². The molecule has 2 amide bonds. The van der Waals surface area contributed by atoms with Gasteiger partial charge in [-0.15, -0.1) is 0 Å². The molecule has 0 heterocycles. The Kier molecular flexibility index (Phi) is 11.5. The van der Waals surface area contributed by atoms with Crippen LogP contribution in [0.25, 0.3) is 0 Å². The first-order chi connectivity index (χ1) is 17.9. The number of hydrogen-bond acceptors (Lipinski definition) is 6. The van der Waals surface area contributed by atoms with Gasteiger partial charge in [-0.1, -0.05) is 43.1 Å². The lowest BCUT2D eigenvalue weighted by atomic mass is 10.1. The highest BCUT2D eigenvalue weighted by Crippen LogP contribution is 2.34. The van der Waals surface area contributed by atoms with Crippen molar-refractivity contribution < 1.29 is 27.5 Å². The number of carbonyl (C=O) groups is 2. The van der Waals surface area contributed by atoms with Crippen molar-refractivity contribution in [3.05, 3.63) is 52.0 Å². The fourth-order valence-electron chi connectivity index (χ4n) is 3.80. The Balaban J connectivity index is 2.57. The van der Waals surface area contributed by atoms with E-state index >= 15 is 0 Å². The normalized spacial score (nSPS) is 12.8. The number of sulfonamides is 1. The number of halogens is 2. The van der Waals surface area contributed by atoms with Crippen LogP contribution in [0.15, 0.2) is 36.4 Å². The average Bonchev–Trinajstić information content (AvgIpc) is 2.87. The molecule has 0 aromatic heterocycles. The topological polar surface area (TPSA) is 105 Å². The molecule has 0 fully saturated rings. The third kappa shape index (κ3) is 7.91. The van der Waals surface area contributed by atoms with Crippen LogP contribution in [-0.4, -0.2) is 64.2 Å². The molecule has 0 saturated heterocycles. The van der Waals surface area contributed by atoms with Crippen LogP contribution in [0, 0.1) is 0 Å². The Morgan fingerprint density at radius 3 is 2.16 bits per heavy atom. The Bertz CT molecular complexity index is 1220. The van der Waals surface area contributed by atoms with Crippen molar-refractivity contribution in [2.24, 2.45) is 0 Å². The third-order valence-electron chi connectivity index (χ3n) is 6.11. The third-order valence-corrected chi connectivity index (χ3v) is 7.95. The van der Waals surface area contributed by atoms with E-state index in [0.717, 1.165) is 10.6 Å². The van der Waals surface area contributed by atoms with Crippen LogP contribution in [0.1, 0.15) is 39.2 Å². The summed E-state index contributed by atoms with van der Waals surface area (Å²) >= 11 is 12.8. The van der Waals surface area contributed by atoms with Gasteiger partial charge in [0.15, 0.2) is 0 Å². The zero-order valence-corrected chi connectivity index (χ0v) is 24.8. The van der Waals surface area contributed by atoms with Gasteiger partial charge in [0.25, 0.3) is 0 Å². The van der Waals surface area contributed by atoms with Crippen molar-refractivity contribution in [3.8, 4) is 11.5 Å². The molecule has 38 heavy (non-hydrogen) atoms. The molecule has 9 nitrogen and oxygen atoms in total. The van der Waals surface area contributed by atoms with Crippen LogP contribution in [0.3, 0.4) is 0 Å². The molecule has 0 saturated carbocycles. The first kappa shape index (κ1) is 31.5. The predicted octanol–water partition coefficient (Wildman–Crippen LogP) is 4.50. The van der Waals surface area contributed by atoms with Gasteiger partial charge in [0.05, 0.1) is 26.2 Å². The average molecular weight is 589 g/mol. The minimum absolute atomic E-state index is 0.0961. The number of nitrogens with one attached hydrogen (secondary N) is 1. The van der Waals surface area contributed by atoms with Gasteiger partial charge in [-0.3, -0.25) is 13.9 Å². The summed E-state index contributed by atoms with van der Waals surface area (Å²) in [6.07, 6.45) is 1.97. The SMILES string of the molecule is CC[C@@H](C)NC(=O)[C@@H](CC)N(Cc1c(Cl)cccc1Cl)C(=O)CN(c1ccc(OC)cc1OC)S(C)(=O)=O. The van der Waals surface area contributed by atoms with E-state index in [2.05, 4.69) is 5.32 Å². The van der Waals surface area contributed by atoms with Gasteiger partial charge >= 0.3 is 0 Å². The number of amides is 2. The molecule has 2 aromatic rings. The monoisotopic (exact) mass is 587 g/mol. The van der Waals surface area contributed by atoms with Crippen molar-refractivity contribution in [3.63, 3.8) is 0 Å². The molecule has 0 aliphatic rings. The summed E-state index contributed by atoms with van der Waals surface area (Å²) < 4.78 is 37.3. The summed E-state index contributed by atoms with van der Waals surface area (Å²) in [5, 5.41) is 3.56. The second-order valence-corrected chi connectivity index (χ2v) is 11.5. The first-order valence-corrected chi connectivity index (χ1v) is 14.7. The van der Waals surface area contributed by atoms with Gasteiger partial charge in [0.2, 0.25) is 21.8 Å². The quantitative estimate of drug-likeness (QED) is 0.370. The Labute approximate surface area is 235 Å². The van der Waals surface area contributed by atoms with Crippen LogP contribution < -0.4 is 19.1 Å². The summed E-state index contributed by atoms with van der Waals surface area (Å²) in [4.78, 5) is 28.4. The molecule has 1 N–H and O–H groups in total. The van der Waals surface area contributed by atoms with Crippen molar-refractivity contribution in [2.45, 2.75) is 52.2 Å². The molecule has 2 aromatic carbocycles. The van der Waals surface area contributed by atoms with Gasteiger partial charge in [-0.25, -0.2) is 8.42 Å². The Morgan fingerprint density at radius 1 is 1.03 bits per heavy atom. The zero-order chi connectivity index (χ0) is 28.6. The van der Waals surface area contributed by atoms with Crippen LogP contribution in [-0.2, 0) is 26.2 Å². The maximum absolute atomic E-state index is 13.9. The molecule has 12 heteroatoms. The van der Waals surface area contributed by atoms with E-state index in [-0.39, 0.29) is 36.4 Å². The summed E-state index contributed by atoms with van der Waals surface area (Å²) in [6.45, 7) is 4.89. The molecule has 210 valence electrons. The summed E-state index contributed by atoms with van der Waals surface area (Å²) in [6, 6.07) is 8.51. The Hall–Kier alpha value is -2.69. The molecule has 0 unspecified atom stereocenters. The number of anilines is 1. The fourth-order valence-corrected chi connectivity index (χ4v) is 5.17. The van der Waals surface area contributed by atoms with Crippen molar-refractivity contribution in [1.29, 1.82) is 0 Å². The van der Waals surface area contributed by atoms with Gasteiger partial charge in [-0.2, -0.15) is 0 Å². The van der Waals surface area contributed by atoms with Crippen LogP contribution in [0.2, 0.25) is 10.0 Å². The lowest BCUT2D eigenvalue weighted by Gasteiger charge is -2.34. The van der Waals surface area contributed by atoms with Crippen LogP contribution >= 0.6 is 23.2 Å². The minimum Gasteiger partial charge on any atom is -0.497 e. The highest BCUT2D eigenvalue weighted by Gasteiger charge is 2.33. The molecule has 0 spiro atoms. The van der Waals surface area contributed by atoms with E-state index in [9.17, 15) is 18.0 Å². The van der Waals surface area contributed by atoms with Gasteiger partial charge in [-0.05, 0) is 44.0 Å². The summed E-state index contributed by atoms with van der Waals surface area (Å²) in [5.41, 5.74) is 0.601. The van der Waals surface area contributed by atoms with E-state index in [1.807, 2.05) is 13.8 Å². The smallest absolute Gasteiger partial charge is 0.244 e. The number of methoxy groups -OCH3 is 2. The molecule has 2 atom stereocenters. The lowest BCUT2D eigenvalue weighted by molar-refractivity contribution is -0.140. The highest BCUT2D eigenvalue weighted by molar-refractivity contribution is 7.92. The van der Waals surface area contributed by atoms with Crippen molar-refractivity contribution >= 4 is 50.7 Å². The van der Waals surface area contributed by atoms with E-state index in [0.29, 0.717) is 27.8 Å². The number of hydrogen-bond donors (Lipinski definition) is 1. The zero-order valence-electron chi connectivity index (χ0n) is 22.5. The largest absolute Gasteiger partial charge is 0.497 e. The van der Waals surface area contributed by atoms with E-state index < -0.39 is 28.5 Å². The number of benzene rings is 2. The fraction of sp³-hybridized carbons (Fsp3) is 0.462. The molecular weight excluding hydrogens is 553 g/mol. The van der Waals surface area contributed by atoms with E-state index in [1.54, 1.807) is 31.2 Å². The second-order valence-electron chi connectivity index (χ2n) is 8.77. The maximum Gasteiger partial charge on any atom is 0.244 e. The molecular formula is C26H35Cl2N3O6S. The summed E-state index contributed by atoms with van der Waals surface area (Å²) in [7, 11) is -1.09. The highest BCUT2D eigenvalue weighted by atomic mass is 35.5. The van der Waals surface area contributed by atoms with Crippen molar-refractivity contribution in [1.82, 2.24) is 10.2 Å².